The first-order valence-corrected chi connectivity index (χ1v) is 5.05. The van der Waals surface area contributed by atoms with Gasteiger partial charge in [0, 0.05) is 12.6 Å². The van der Waals surface area contributed by atoms with Crippen molar-refractivity contribution in [2.75, 3.05) is 6.54 Å². The Hall–Kier alpha value is -0.710. The zero-order chi connectivity index (χ0) is 8.81. The highest BCUT2D eigenvalue weighted by molar-refractivity contribution is 4.83. The van der Waals surface area contributed by atoms with Crippen molar-refractivity contribution in [1.29, 1.82) is 5.26 Å². The minimum Gasteiger partial charge on any atom is -0.308 e. The molecule has 2 heteroatoms. The van der Waals surface area contributed by atoms with E-state index in [0.29, 0.717) is 6.04 Å². The molecular formula is C10H18N2. The summed E-state index contributed by atoms with van der Waals surface area (Å²) in [7, 11) is 0. The Morgan fingerprint density at radius 3 is 2.50 bits per heavy atom. The molecule has 68 valence electrons. The number of rotatable bonds is 3. The fourth-order valence-electron chi connectivity index (χ4n) is 1.95. The Morgan fingerprint density at radius 2 is 2.00 bits per heavy atom. The minimum atomic E-state index is 0.559. The van der Waals surface area contributed by atoms with Gasteiger partial charge in [-0.1, -0.05) is 26.2 Å². The molecule has 12 heavy (non-hydrogen) atoms. The van der Waals surface area contributed by atoms with Crippen LogP contribution in [0.1, 0.15) is 45.4 Å². The Kier molecular flexibility index (Phi) is 3.93. The molecule has 0 aliphatic heterocycles. The summed E-state index contributed by atoms with van der Waals surface area (Å²) in [6.45, 7) is 3.08. The van der Waals surface area contributed by atoms with Crippen LogP contribution in [0.5, 0.6) is 0 Å². The van der Waals surface area contributed by atoms with E-state index in [4.69, 9.17) is 5.26 Å². The second-order valence-corrected chi connectivity index (χ2v) is 3.59. The molecule has 1 fully saturated rings. The third-order valence-electron chi connectivity index (χ3n) is 2.61. The number of hydrogen-bond donors (Lipinski definition) is 0. The van der Waals surface area contributed by atoms with E-state index in [0.717, 1.165) is 13.0 Å². The van der Waals surface area contributed by atoms with E-state index in [9.17, 15) is 0 Å². The van der Waals surface area contributed by atoms with Gasteiger partial charge in [0.05, 0.1) is 0 Å². The van der Waals surface area contributed by atoms with Gasteiger partial charge in [-0.2, -0.15) is 5.26 Å². The second kappa shape index (κ2) is 5.03. The number of nitrogens with zero attached hydrogens (tertiary/aromatic N) is 2. The first-order valence-electron chi connectivity index (χ1n) is 5.05. The second-order valence-electron chi connectivity index (χ2n) is 3.59. The van der Waals surface area contributed by atoms with Gasteiger partial charge in [-0.3, -0.25) is 0 Å². The van der Waals surface area contributed by atoms with Crippen molar-refractivity contribution in [3.63, 3.8) is 0 Å². The molecule has 0 radical (unpaired) electrons. The van der Waals surface area contributed by atoms with Gasteiger partial charge in [-0.05, 0) is 19.3 Å². The molecule has 0 spiro atoms. The monoisotopic (exact) mass is 166 g/mol. The lowest BCUT2D eigenvalue weighted by Gasteiger charge is -2.29. The van der Waals surface area contributed by atoms with E-state index in [2.05, 4.69) is 13.1 Å². The van der Waals surface area contributed by atoms with Crippen LogP contribution in [-0.4, -0.2) is 17.5 Å². The molecule has 2 nitrogen and oxygen atoms in total. The standard InChI is InChI=1S/C10H18N2/c1-2-8-12(9-11)10-6-4-3-5-7-10/h10H,2-8H2,1H3. The van der Waals surface area contributed by atoms with Crippen molar-refractivity contribution >= 4 is 0 Å². The van der Waals surface area contributed by atoms with Gasteiger partial charge in [-0.25, -0.2) is 0 Å². The van der Waals surface area contributed by atoms with Crippen molar-refractivity contribution in [2.24, 2.45) is 0 Å². The normalized spacial score (nSPS) is 18.7. The maximum Gasteiger partial charge on any atom is 0.179 e. The van der Waals surface area contributed by atoms with E-state index >= 15 is 0 Å². The van der Waals surface area contributed by atoms with Gasteiger partial charge in [0.2, 0.25) is 0 Å². The van der Waals surface area contributed by atoms with Crippen LogP contribution in [0.15, 0.2) is 0 Å². The van der Waals surface area contributed by atoms with Crippen LogP contribution in [0.3, 0.4) is 0 Å². The highest BCUT2D eigenvalue weighted by Crippen LogP contribution is 2.21. The van der Waals surface area contributed by atoms with E-state index in [1.807, 2.05) is 4.90 Å². The van der Waals surface area contributed by atoms with Crippen molar-refractivity contribution in [3.05, 3.63) is 0 Å². The molecule has 1 rings (SSSR count). The predicted octanol–water partition coefficient (Wildman–Crippen LogP) is 2.51. The van der Waals surface area contributed by atoms with Gasteiger partial charge < -0.3 is 4.90 Å². The fourth-order valence-corrected chi connectivity index (χ4v) is 1.95. The lowest BCUT2D eigenvalue weighted by atomic mass is 9.94. The predicted molar refractivity (Wildman–Crippen MR) is 49.5 cm³/mol. The maximum absolute atomic E-state index is 8.89. The van der Waals surface area contributed by atoms with Crippen LogP contribution >= 0.6 is 0 Å². The summed E-state index contributed by atoms with van der Waals surface area (Å²) in [6.07, 6.45) is 9.84. The lowest BCUT2D eigenvalue weighted by molar-refractivity contribution is 0.228. The quantitative estimate of drug-likeness (QED) is 0.476. The van der Waals surface area contributed by atoms with Crippen LogP contribution in [-0.2, 0) is 0 Å². The van der Waals surface area contributed by atoms with Gasteiger partial charge in [0.15, 0.2) is 6.19 Å². The molecule has 0 saturated heterocycles. The molecule has 0 aromatic heterocycles. The number of nitriles is 1. The van der Waals surface area contributed by atoms with Gasteiger partial charge in [-0.15, -0.1) is 0 Å². The zero-order valence-corrected chi connectivity index (χ0v) is 7.92. The van der Waals surface area contributed by atoms with Crippen LogP contribution < -0.4 is 0 Å². The highest BCUT2D eigenvalue weighted by Gasteiger charge is 2.18. The molecule has 0 unspecified atom stereocenters. The Balaban J connectivity index is 2.36. The minimum absolute atomic E-state index is 0.559. The van der Waals surface area contributed by atoms with Crippen LogP contribution in [0.2, 0.25) is 0 Å². The summed E-state index contributed by atoms with van der Waals surface area (Å²) >= 11 is 0. The lowest BCUT2D eigenvalue weighted by Crippen LogP contribution is -2.33. The Morgan fingerprint density at radius 1 is 1.33 bits per heavy atom. The molecule has 0 atom stereocenters. The molecular weight excluding hydrogens is 148 g/mol. The molecule has 0 aromatic rings. The number of hydrogen-bond acceptors (Lipinski definition) is 2. The van der Waals surface area contributed by atoms with Gasteiger partial charge >= 0.3 is 0 Å². The summed E-state index contributed by atoms with van der Waals surface area (Å²) in [4.78, 5) is 1.97. The van der Waals surface area contributed by atoms with Gasteiger partial charge in [0.25, 0.3) is 0 Å². The first kappa shape index (κ1) is 9.38. The summed E-state index contributed by atoms with van der Waals surface area (Å²) in [6, 6.07) is 0.559. The highest BCUT2D eigenvalue weighted by atomic mass is 15.1. The first-order chi connectivity index (χ1) is 5.88. The summed E-state index contributed by atoms with van der Waals surface area (Å²) in [5, 5.41) is 8.89. The molecule has 1 saturated carbocycles. The third kappa shape index (κ3) is 2.41. The topological polar surface area (TPSA) is 27.0 Å². The largest absolute Gasteiger partial charge is 0.308 e. The van der Waals surface area contributed by atoms with Crippen molar-refractivity contribution in [1.82, 2.24) is 4.90 Å². The van der Waals surface area contributed by atoms with Crippen molar-refractivity contribution < 1.29 is 0 Å². The summed E-state index contributed by atoms with van der Waals surface area (Å²) < 4.78 is 0. The van der Waals surface area contributed by atoms with Crippen molar-refractivity contribution in [2.45, 2.75) is 51.5 Å². The third-order valence-corrected chi connectivity index (χ3v) is 2.61. The molecule has 0 N–H and O–H groups in total. The zero-order valence-electron chi connectivity index (χ0n) is 7.92. The average molecular weight is 166 g/mol. The van der Waals surface area contributed by atoms with E-state index in [1.165, 1.54) is 32.1 Å². The summed E-state index contributed by atoms with van der Waals surface area (Å²) in [5.74, 6) is 0. The molecule has 0 bridgehead atoms. The van der Waals surface area contributed by atoms with Crippen LogP contribution in [0.4, 0.5) is 0 Å². The SMILES string of the molecule is CCCN(C#N)C1CCCCC1. The van der Waals surface area contributed by atoms with Gasteiger partial charge in [0.1, 0.15) is 0 Å². The van der Waals surface area contributed by atoms with E-state index in [1.54, 1.807) is 0 Å². The molecule has 0 amide bonds. The summed E-state index contributed by atoms with van der Waals surface area (Å²) in [5.41, 5.74) is 0. The molecule has 0 aromatic carbocycles. The average Bonchev–Trinajstić information content (AvgIpc) is 2.15. The maximum atomic E-state index is 8.89. The smallest absolute Gasteiger partial charge is 0.179 e. The Labute approximate surface area is 75.2 Å². The van der Waals surface area contributed by atoms with E-state index in [-0.39, 0.29) is 0 Å². The van der Waals surface area contributed by atoms with Crippen LogP contribution in [0, 0.1) is 11.5 Å². The molecule has 0 heterocycles. The molecule has 1 aliphatic rings. The van der Waals surface area contributed by atoms with E-state index < -0.39 is 0 Å². The van der Waals surface area contributed by atoms with Crippen LogP contribution in [0.25, 0.3) is 0 Å². The molecule has 1 aliphatic carbocycles. The Bertz CT molecular complexity index is 154. The van der Waals surface area contributed by atoms with Crippen molar-refractivity contribution in [3.8, 4) is 6.19 Å². The fraction of sp³-hybridized carbons (Fsp3) is 0.900.